The van der Waals surface area contributed by atoms with Crippen molar-refractivity contribution in [1.29, 1.82) is 5.26 Å². The molecule has 2 aromatic heterocycles. The molecule has 11 nitrogen and oxygen atoms in total. The van der Waals surface area contributed by atoms with Crippen LogP contribution in [0.4, 0.5) is 24.8 Å². The second-order valence-corrected chi connectivity index (χ2v) is 10.4. The number of rotatable bonds is 7. The number of hydrogen-bond acceptors (Lipinski definition) is 8. The summed E-state index contributed by atoms with van der Waals surface area (Å²) in [7, 11) is 1.18. The highest BCUT2D eigenvalue weighted by atomic mass is 35.5. The molecule has 5 rings (SSSR count). The van der Waals surface area contributed by atoms with Gasteiger partial charge in [0.1, 0.15) is 11.1 Å². The number of benzene rings is 2. The van der Waals surface area contributed by atoms with Crippen molar-refractivity contribution < 1.29 is 37.6 Å². The van der Waals surface area contributed by atoms with Crippen LogP contribution in [0.2, 0.25) is 5.02 Å². The zero-order valence-electron chi connectivity index (χ0n) is 24.4. The average Bonchev–Trinajstić information content (AvgIpc) is 3.41. The van der Waals surface area contributed by atoms with E-state index in [1.54, 1.807) is 43.5 Å². The molecule has 1 aliphatic heterocycles. The Labute approximate surface area is 265 Å². The number of allylic oxidation sites excluding steroid dienone is 1. The molecule has 3 heterocycles. The summed E-state index contributed by atoms with van der Waals surface area (Å²) in [5, 5.41) is 25.0. The number of alkyl halides is 3. The predicted molar refractivity (Wildman–Crippen MR) is 157 cm³/mol. The van der Waals surface area contributed by atoms with Crippen LogP contribution >= 0.6 is 11.6 Å². The lowest BCUT2D eigenvalue weighted by Gasteiger charge is -2.36. The summed E-state index contributed by atoms with van der Waals surface area (Å²) in [6, 6.07) is 14.1. The number of aromatic amines is 2. The zero-order chi connectivity index (χ0) is 33.6. The van der Waals surface area contributed by atoms with E-state index in [1.165, 1.54) is 28.7 Å². The largest absolute Gasteiger partial charge is 0.554 e. The van der Waals surface area contributed by atoms with Crippen molar-refractivity contribution in [3.63, 3.8) is 0 Å². The van der Waals surface area contributed by atoms with Gasteiger partial charge < -0.3 is 14.6 Å². The predicted octanol–water partition coefficient (Wildman–Crippen LogP) is 3.66. The molecular weight excluding hydrogens is 629 g/mol. The Hall–Kier alpha value is -5.42. The Morgan fingerprint density at radius 2 is 1.96 bits per heavy atom. The summed E-state index contributed by atoms with van der Waals surface area (Å²) < 4.78 is 47.1. The van der Waals surface area contributed by atoms with Gasteiger partial charge in [-0.2, -0.15) is 18.4 Å². The van der Waals surface area contributed by atoms with Crippen molar-refractivity contribution in [2.24, 2.45) is 0 Å². The number of nitriles is 1. The molecule has 0 saturated carbocycles. The molecular formula is C31H26ClF3N6O5. The molecule has 0 amide bonds. The number of nitrogens with zero attached hydrogens (tertiary/aromatic N) is 4. The van der Waals surface area contributed by atoms with Crippen LogP contribution in [-0.4, -0.2) is 34.3 Å². The fraction of sp³-hybridized carbons (Fsp3) is 0.226. The SMILES string of the molecule is COC(=O)C1=C(C)N(c2cccc(C(F)(F)F)c2)c2n[nH]c(=O)n2[C@@H]1c1ccc(C#N)cc1CCCc1[nH+]cccc1Cl.O=C[O-]. The number of hydrogen-bond donors (Lipinski definition) is 1. The van der Waals surface area contributed by atoms with E-state index < -0.39 is 35.9 Å². The van der Waals surface area contributed by atoms with Crippen LogP contribution in [-0.2, 0) is 33.3 Å². The lowest BCUT2D eigenvalue weighted by Crippen LogP contribution is -2.38. The topological polar surface area (TPSA) is 158 Å². The molecule has 2 aromatic carbocycles. The van der Waals surface area contributed by atoms with E-state index in [-0.39, 0.29) is 22.9 Å². The second-order valence-electron chi connectivity index (χ2n) is 9.95. The van der Waals surface area contributed by atoms with Gasteiger partial charge in [-0.3, -0.25) is 4.90 Å². The maximum atomic E-state index is 13.6. The number of ether oxygens (including phenoxy) is 1. The van der Waals surface area contributed by atoms with Gasteiger partial charge in [-0.05, 0) is 67.3 Å². The Kier molecular flexibility index (Phi) is 10.3. The number of esters is 1. The van der Waals surface area contributed by atoms with Crippen LogP contribution in [0.25, 0.3) is 0 Å². The summed E-state index contributed by atoms with van der Waals surface area (Å²) in [6.07, 6.45) is -1.22. The number of methoxy groups -OCH3 is 1. The molecule has 4 aromatic rings. The smallest absolute Gasteiger partial charge is 0.416 e. The standard InChI is InChI=1S/C30H24ClF3N6O3.CH2O2/c1-17-25(27(41)43-2)26(22-12-11-18(16-35)14-19(22)6-3-10-24-23(31)9-5-13-36-24)40-28(37-38-29(40)42)39(17)21-8-4-7-20(15-21)30(32,33)34;2-1-3/h4-5,7-9,11-15,26H,3,6,10H2,1-2H3,(H,38,42);1H,(H,2,3)/t26-;/m1./s1. The summed E-state index contributed by atoms with van der Waals surface area (Å²) in [5.74, 6) is -0.792. The van der Waals surface area contributed by atoms with E-state index >= 15 is 0 Å². The van der Waals surface area contributed by atoms with Crippen LogP contribution in [0.15, 0.2) is 76.9 Å². The number of carbonyl (C=O) groups is 2. The van der Waals surface area contributed by atoms with Gasteiger partial charge in [0.25, 0.3) is 0 Å². The van der Waals surface area contributed by atoms with E-state index in [1.807, 2.05) is 0 Å². The van der Waals surface area contributed by atoms with Gasteiger partial charge in [-0.15, -0.1) is 5.10 Å². The van der Waals surface area contributed by atoms with Crippen LogP contribution in [0.3, 0.4) is 0 Å². The highest BCUT2D eigenvalue weighted by Crippen LogP contribution is 2.43. The minimum atomic E-state index is -4.62. The summed E-state index contributed by atoms with van der Waals surface area (Å²) in [5.41, 5.74) is 1.14. The molecule has 2 N–H and O–H groups in total. The average molecular weight is 655 g/mol. The number of carboxylic acid groups (broad SMARTS) is 1. The summed E-state index contributed by atoms with van der Waals surface area (Å²) >= 11 is 6.31. The number of pyridine rings is 1. The van der Waals surface area contributed by atoms with Crippen molar-refractivity contribution in [3.05, 3.63) is 116 Å². The van der Waals surface area contributed by atoms with Crippen molar-refractivity contribution >= 4 is 35.7 Å². The number of halogens is 4. The summed E-state index contributed by atoms with van der Waals surface area (Å²) in [4.78, 5) is 39.3. The van der Waals surface area contributed by atoms with Gasteiger partial charge in [0, 0.05) is 30.3 Å². The van der Waals surface area contributed by atoms with E-state index in [2.05, 4.69) is 21.3 Å². The first-order valence-corrected chi connectivity index (χ1v) is 14.0. The molecule has 46 heavy (non-hydrogen) atoms. The monoisotopic (exact) mass is 654 g/mol. The number of fused-ring (bicyclic) bond motifs is 1. The van der Waals surface area contributed by atoms with Gasteiger partial charge in [0.2, 0.25) is 5.95 Å². The second kappa shape index (κ2) is 14.1. The third kappa shape index (κ3) is 6.79. The molecule has 0 fully saturated rings. The first-order valence-electron chi connectivity index (χ1n) is 13.6. The van der Waals surface area contributed by atoms with Crippen molar-refractivity contribution in [3.8, 4) is 6.07 Å². The van der Waals surface area contributed by atoms with Gasteiger partial charge in [0.05, 0.1) is 29.9 Å². The molecule has 238 valence electrons. The molecule has 0 saturated heterocycles. The third-order valence-corrected chi connectivity index (χ3v) is 7.66. The molecule has 0 radical (unpaired) electrons. The van der Waals surface area contributed by atoms with E-state index in [9.17, 15) is 28.0 Å². The molecule has 15 heteroatoms. The molecule has 0 aliphatic carbocycles. The Bertz CT molecular complexity index is 1900. The molecule has 0 bridgehead atoms. The Morgan fingerprint density at radius 1 is 1.22 bits per heavy atom. The first kappa shape index (κ1) is 33.5. The molecule has 1 aliphatic rings. The van der Waals surface area contributed by atoms with Crippen LogP contribution in [0.1, 0.15) is 47.3 Å². The van der Waals surface area contributed by atoms with Crippen LogP contribution in [0.5, 0.6) is 0 Å². The maximum absolute atomic E-state index is 13.6. The van der Waals surface area contributed by atoms with Crippen LogP contribution < -0.4 is 20.7 Å². The minimum absolute atomic E-state index is 0.0135. The van der Waals surface area contributed by atoms with Gasteiger partial charge in [-0.25, -0.2) is 24.2 Å². The number of carbonyl (C=O) groups excluding carboxylic acids is 2. The normalized spacial score (nSPS) is 14.1. The van der Waals surface area contributed by atoms with Crippen molar-refractivity contribution in [2.45, 2.75) is 38.4 Å². The summed E-state index contributed by atoms with van der Waals surface area (Å²) in [6.45, 7) is 1.05. The fourth-order valence-electron chi connectivity index (χ4n) is 5.34. The van der Waals surface area contributed by atoms with E-state index in [0.717, 1.165) is 17.8 Å². The maximum Gasteiger partial charge on any atom is 0.416 e. The molecule has 0 unspecified atom stereocenters. The zero-order valence-corrected chi connectivity index (χ0v) is 25.1. The molecule has 0 spiro atoms. The number of aryl methyl sites for hydroxylation is 2. The number of anilines is 2. The number of nitrogens with one attached hydrogen (secondary N) is 2. The highest BCUT2D eigenvalue weighted by Gasteiger charge is 2.41. The van der Waals surface area contributed by atoms with Crippen molar-refractivity contribution in [1.82, 2.24) is 14.8 Å². The van der Waals surface area contributed by atoms with Gasteiger partial charge in [0.15, 0.2) is 11.9 Å². The fourth-order valence-corrected chi connectivity index (χ4v) is 5.56. The lowest BCUT2D eigenvalue weighted by molar-refractivity contribution is -0.390. The lowest BCUT2D eigenvalue weighted by atomic mass is 9.88. The van der Waals surface area contributed by atoms with Crippen LogP contribution in [0, 0.1) is 11.3 Å². The van der Waals surface area contributed by atoms with Gasteiger partial charge >= 0.3 is 17.8 Å². The number of H-pyrrole nitrogens is 2. The number of aromatic nitrogens is 4. The minimum Gasteiger partial charge on any atom is -0.554 e. The highest BCUT2D eigenvalue weighted by molar-refractivity contribution is 6.31. The first-order chi connectivity index (χ1) is 22.0. The Morgan fingerprint density at radius 3 is 2.61 bits per heavy atom. The van der Waals surface area contributed by atoms with E-state index in [4.69, 9.17) is 26.2 Å². The molecule has 1 atom stereocenters. The quantitative estimate of drug-likeness (QED) is 0.234. The Balaban J connectivity index is 0.00000154. The van der Waals surface area contributed by atoms with E-state index in [0.29, 0.717) is 41.0 Å². The van der Waals surface area contributed by atoms with Crippen molar-refractivity contribution in [2.75, 3.05) is 12.0 Å². The third-order valence-electron chi connectivity index (χ3n) is 7.30. The van der Waals surface area contributed by atoms with Gasteiger partial charge in [-0.1, -0.05) is 23.7 Å².